The van der Waals surface area contributed by atoms with E-state index in [1.165, 1.54) is 6.20 Å². The molecule has 1 aromatic rings. The van der Waals surface area contributed by atoms with Crippen molar-refractivity contribution in [1.29, 1.82) is 0 Å². The molecule has 2 fully saturated rings. The Kier molecular flexibility index (Phi) is 3.83. The normalized spacial score (nSPS) is 19.7. The van der Waals surface area contributed by atoms with Crippen molar-refractivity contribution in [3.8, 4) is 0 Å². The number of sulfonamides is 1. The summed E-state index contributed by atoms with van der Waals surface area (Å²) >= 11 is 0. The van der Waals surface area contributed by atoms with Crippen LogP contribution in [-0.2, 0) is 16.6 Å². The van der Waals surface area contributed by atoms with Crippen LogP contribution in [0.1, 0.15) is 32.1 Å². The number of nitrogens with one attached hydrogen (secondary N) is 1. The molecule has 0 atom stereocenters. The topological polar surface area (TPSA) is 90.0 Å². The quantitative estimate of drug-likeness (QED) is 0.739. The minimum Gasteiger partial charge on any atom is -0.330 e. The molecule has 2 saturated carbocycles. The van der Waals surface area contributed by atoms with E-state index in [1.807, 2.05) is 0 Å². The van der Waals surface area contributed by atoms with E-state index in [-0.39, 0.29) is 10.9 Å². The standard InChI is InChI=1S/C13H22N4O2S/c14-6-1-7-17-9-12(8-15-17)20(18,19)16-13(10-2-3-10)11-4-5-11/h8-11,13,16H,1-7,14H2. The molecular formula is C13H22N4O2S. The van der Waals surface area contributed by atoms with Crippen LogP contribution in [-0.4, -0.2) is 30.8 Å². The maximum Gasteiger partial charge on any atom is 0.243 e. The van der Waals surface area contributed by atoms with Crippen molar-refractivity contribution in [3.05, 3.63) is 12.4 Å². The van der Waals surface area contributed by atoms with E-state index in [0.717, 1.165) is 32.1 Å². The zero-order valence-corrected chi connectivity index (χ0v) is 12.3. The number of hydrogen-bond acceptors (Lipinski definition) is 4. The summed E-state index contributed by atoms with van der Waals surface area (Å²) in [4.78, 5) is 0.265. The molecule has 1 heterocycles. The predicted molar refractivity (Wildman–Crippen MR) is 75.5 cm³/mol. The maximum absolute atomic E-state index is 12.4. The molecule has 7 heteroatoms. The number of aromatic nitrogens is 2. The van der Waals surface area contributed by atoms with E-state index in [1.54, 1.807) is 10.9 Å². The van der Waals surface area contributed by atoms with Gasteiger partial charge in [-0.1, -0.05) is 0 Å². The predicted octanol–water partition coefficient (Wildman–Crippen LogP) is 0.699. The van der Waals surface area contributed by atoms with E-state index < -0.39 is 10.0 Å². The third kappa shape index (κ3) is 3.21. The van der Waals surface area contributed by atoms with Crippen LogP contribution in [0.2, 0.25) is 0 Å². The summed E-state index contributed by atoms with van der Waals surface area (Å²) < 4.78 is 29.4. The summed E-state index contributed by atoms with van der Waals surface area (Å²) in [6.45, 7) is 1.23. The van der Waals surface area contributed by atoms with Crippen molar-refractivity contribution in [3.63, 3.8) is 0 Å². The van der Waals surface area contributed by atoms with Crippen LogP contribution in [0.3, 0.4) is 0 Å². The molecule has 0 amide bonds. The van der Waals surface area contributed by atoms with Gasteiger partial charge in [0.05, 0.1) is 6.20 Å². The van der Waals surface area contributed by atoms with E-state index in [0.29, 0.717) is 24.9 Å². The summed E-state index contributed by atoms with van der Waals surface area (Å²) in [5.41, 5.74) is 5.44. The lowest BCUT2D eigenvalue weighted by Crippen LogP contribution is -2.37. The van der Waals surface area contributed by atoms with Crippen LogP contribution in [0.15, 0.2) is 17.3 Å². The summed E-state index contributed by atoms with van der Waals surface area (Å²) in [6.07, 6.45) is 8.42. The molecule has 0 aliphatic heterocycles. The van der Waals surface area contributed by atoms with Gasteiger partial charge in [0.25, 0.3) is 0 Å². The first kappa shape index (κ1) is 14.0. The number of aryl methyl sites for hydroxylation is 1. The van der Waals surface area contributed by atoms with Gasteiger partial charge in [-0.15, -0.1) is 0 Å². The number of nitrogens with two attached hydrogens (primary N) is 1. The second kappa shape index (κ2) is 5.46. The fraction of sp³-hybridized carbons (Fsp3) is 0.769. The van der Waals surface area contributed by atoms with Gasteiger partial charge >= 0.3 is 0 Å². The minimum absolute atomic E-state index is 0.132. The zero-order chi connectivity index (χ0) is 14.2. The van der Waals surface area contributed by atoms with Crippen LogP contribution in [0, 0.1) is 11.8 Å². The largest absolute Gasteiger partial charge is 0.330 e. The average Bonchev–Trinajstić information content (AvgIpc) is 3.32. The summed E-state index contributed by atoms with van der Waals surface area (Å²) in [7, 11) is -3.44. The highest BCUT2D eigenvalue weighted by Crippen LogP contribution is 2.45. The first-order chi connectivity index (χ1) is 9.60. The minimum atomic E-state index is -3.44. The van der Waals surface area contributed by atoms with Gasteiger partial charge in [0.15, 0.2) is 0 Å². The van der Waals surface area contributed by atoms with Crippen molar-refractivity contribution in [1.82, 2.24) is 14.5 Å². The van der Waals surface area contributed by atoms with Gasteiger partial charge in [-0.05, 0) is 50.5 Å². The summed E-state index contributed by atoms with van der Waals surface area (Å²) in [5.74, 6) is 1.09. The Morgan fingerprint density at radius 3 is 2.55 bits per heavy atom. The third-order valence-electron chi connectivity index (χ3n) is 4.06. The number of rotatable bonds is 8. The first-order valence-corrected chi connectivity index (χ1v) is 8.83. The molecule has 0 bridgehead atoms. The van der Waals surface area contributed by atoms with Crippen molar-refractivity contribution >= 4 is 10.0 Å². The highest BCUT2D eigenvalue weighted by molar-refractivity contribution is 7.89. The van der Waals surface area contributed by atoms with E-state index >= 15 is 0 Å². The molecule has 0 unspecified atom stereocenters. The monoisotopic (exact) mass is 298 g/mol. The van der Waals surface area contributed by atoms with Crippen LogP contribution >= 0.6 is 0 Å². The molecule has 3 N–H and O–H groups in total. The smallest absolute Gasteiger partial charge is 0.243 e. The third-order valence-corrected chi connectivity index (χ3v) is 5.48. The van der Waals surface area contributed by atoms with E-state index in [9.17, 15) is 8.42 Å². The molecule has 2 aliphatic carbocycles. The Bertz CT molecular complexity index is 549. The first-order valence-electron chi connectivity index (χ1n) is 7.35. The lowest BCUT2D eigenvalue weighted by Gasteiger charge is -2.16. The Labute approximate surface area is 119 Å². The van der Waals surface area contributed by atoms with Gasteiger partial charge in [-0.25, -0.2) is 13.1 Å². The molecule has 0 saturated heterocycles. The molecule has 112 valence electrons. The Hall–Kier alpha value is -0.920. The summed E-state index contributed by atoms with van der Waals surface area (Å²) in [6, 6.07) is 0.132. The molecule has 1 aromatic heterocycles. The van der Waals surface area contributed by atoms with Crippen molar-refractivity contribution in [2.75, 3.05) is 6.54 Å². The molecular weight excluding hydrogens is 276 g/mol. The highest BCUT2D eigenvalue weighted by Gasteiger charge is 2.43. The Balaban J connectivity index is 1.68. The van der Waals surface area contributed by atoms with Crippen LogP contribution in [0.5, 0.6) is 0 Å². The van der Waals surface area contributed by atoms with Gasteiger partial charge in [0, 0.05) is 18.8 Å². The molecule has 0 aromatic carbocycles. The Morgan fingerprint density at radius 2 is 2.00 bits per heavy atom. The molecule has 0 radical (unpaired) electrons. The molecule has 6 nitrogen and oxygen atoms in total. The zero-order valence-electron chi connectivity index (χ0n) is 11.5. The van der Waals surface area contributed by atoms with Gasteiger partial charge < -0.3 is 5.73 Å². The lowest BCUT2D eigenvalue weighted by molar-refractivity contribution is 0.471. The fourth-order valence-corrected chi connectivity index (χ4v) is 3.92. The van der Waals surface area contributed by atoms with Gasteiger partial charge in [0.1, 0.15) is 4.90 Å². The highest BCUT2D eigenvalue weighted by atomic mass is 32.2. The van der Waals surface area contributed by atoms with Crippen molar-refractivity contribution in [2.24, 2.45) is 17.6 Å². The van der Waals surface area contributed by atoms with Gasteiger partial charge in [-0.3, -0.25) is 4.68 Å². The second-order valence-corrected chi connectivity index (χ2v) is 7.62. The Morgan fingerprint density at radius 1 is 1.35 bits per heavy atom. The van der Waals surface area contributed by atoms with Crippen LogP contribution in [0.25, 0.3) is 0 Å². The van der Waals surface area contributed by atoms with E-state index in [4.69, 9.17) is 5.73 Å². The van der Waals surface area contributed by atoms with E-state index in [2.05, 4.69) is 9.82 Å². The second-order valence-electron chi connectivity index (χ2n) is 5.90. The molecule has 20 heavy (non-hydrogen) atoms. The molecule has 2 aliphatic rings. The van der Waals surface area contributed by atoms with Crippen LogP contribution < -0.4 is 10.5 Å². The van der Waals surface area contributed by atoms with Crippen molar-refractivity contribution in [2.45, 2.75) is 49.6 Å². The summed E-state index contributed by atoms with van der Waals surface area (Å²) in [5, 5.41) is 4.09. The van der Waals surface area contributed by atoms with Gasteiger partial charge in [-0.2, -0.15) is 5.10 Å². The number of hydrogen-bond donors (Lipinski definition) is 2. The SMILES string of the molecule is NCCCn1cc(S(=O)(=O)NC(C2CC2)C2CC2)cn1. The fourth-order valence-electron chi connectivity index (χ4n) is 2.59. The van der Waals surface area contributed by atoms with Gasteiger partial charge in [0.2, 0.25) is 10.0 Å². The maximum atomic E-state index is 12.4. The molecule has 3 rings (SSSR count). The lowest BCUT2D eigenvalue weighted by atomic mass is 10.1. The molecule has 0 spiro atoms. The van der Waals surface area contributed by atoms with Crippen molar-refractivity contribution < 1.29 is 8.42 Å². The average molecular weight is 298 g/mol. The number of nitrogens with zero attached hydrogens (tertiary/aromatic N) is 2. The van der Waals surface area contributed by atoms with Crippen LogP contribution in [0.4, 0.5) is 0 Å².